The average molecular weight is 384 g/mol. The van der Waals surface area contributed by atoms with E-state index >= 15 is 0 Å². The number of para-hydroxylation sites is 2. The number of rotatable bonds is 7. The van der Waals surface area contributed by atoms with Gasteiger partial charge in [0.15, 0.2) is 6.61 Å². The molecule has 7 nitrogen and oxygen atoms in total. The van der Waals surface area contributed by atoms with Crippen molar-refractivity contribution in [2.75, 3.05) is 18.5 Å². The molecule has 0 unspecified atom stereocenters. The predicted molar refractivity (Wildman–Crippen MR) is 105 cm³/mol. The number of phenols is 1. The minimum atomic E-state index is -0.806. The van der Waals surface area contributed by atoms with Crippen molar-refractivity contribution in [1.29, 1.82) is 0 Å². The Hall–Kier alpha value is -3.35. The predicted octanol–water partition coefficient (Wildman–Crippen LogP) is 2.88. The normalized spacial score (nSPS) is 10.4. The van der Waals surface area contributed by atoms with Gasteiger partial charge in [0, 0.05) is 6.54 Å². The van der Waals surface area contributed by atoms with Crippen LogP contribution in [-0.4, -0.2) is 36.0 Å². The number of hydrogen-bond donors (Lipinski definition) is 3. The molecule has 7 heteroatoms. The number of esters is 1. The second kappa shape index (κ2) is 9.55. The average Bonchev–Trinajstić information content (AvgIpc) is 2.66. The zero-order valence-electron chi connectivity index (χ0n) is 16.1. The van der Waals surface area contributed by atoms with Crippen LogP contribution < -0.4 is 10.6 Å². The van der Waals surface area contributed by atoms with Crippen LogP contribution in [0.3, 0.4) is 0 Å². The number of hydrogen-bond acceptors (Lipinski definition) is 5. The number of aryl methyl sites for hydroxylation is 1. The fourth-order valence-electron chi connectivity index (χ4n) is 2.40. The van der Waals surface area contributed by atoms with Crippen molar-refractivity contribution in [1.82, 2.24) is 5.32 Å². The molecule has 0 atom stereocenters. The van der Waals surface area contributed by atoms with E-state index < -0.39 is 18.5 Å². The second-order valence-corrected chi connectivity index (χ2v) is 6.74. The maximum atomic E-state index is 12.3. The van der Waals surface area contributed by atoms with Crippen molar-refractivity contribution in [3.8, 4) is 5.75 Å². The van der Waals surface area contributed by atoms with E-state index in [2.05, 4.69) is 10.6 Å². The number of carbonyl (C=O) groups is 3. The van der Waals surface area contributed by atoms with Crippen molar-refractivity contribution >= 4 is 23.5 Å². The van der Waals surface area contributed by atoms with Crippen LogP contribution in [0.4, 0.5) is 5.69 Å². The Morgan fingerprint density at radius 1 is 1.04 bits per heavy atom. The number of aromatic hydroxyl groups is 1. The van der Waals surface area contributed by atoms with Crippen LogP contribution in [-0.2, 0) is 9.53 Å². The van der Waals surface area contributed by atoms with Gasteiger partial charge < -0.3 is 20.5 Å². The molecule has 28 heavy (non-hydrogen) atoms. The lowest BCUT2D eigenvalue weighted by molar-refractivity contribution is -0.119. The smallest absolute Gasteiger partial charge is 0.342 e. The first-order chi connectivity index (χ1) is 13.3. The van der Waals surface area contributed by atoms with Crippen molar-refractivity contribution in [3.05, 3.63) is 59.2 Å². The number of carbonyl (C=O) groups excluding carboxylic acids is 3. The van der Waals surface area contributed by atoms with E-state index in [-0.39, 0.29) is 17.2 Å². The van der Waals surface area contributed by atoms with Crippen molar-refractivity contribution in [2.24, 2.45) is 5.92 Å². The van der Waals surface area contributed by atoms with Gasteiger partial charge in [0.05, 0.1) is 11.3 Å². The number of phenolic OH excluding ortho intramolecular Hbond substituents is 1. The molecule has 0 fully saturated rings. The van der Waals surface area contributed by atoms with Crippen LogP contribution in [0.2, 0.25) is 0 Å². The first-order valence-electron chi connectivity index (χ1n) is 8.92. The van der Waals surface area contributed by atoms with Gasteiger partial charge in [0.1, 0.15) is 11.3 Å². The van der Waals surface area contributed by atoms with Gasteiger partial charge >= 0.3 is 5.97 Å². The molecule has 0 aliphatic carbocycles. The van der Waals surface area contributed by atoms with Gasteiger partial charge in [-0.3, -0.25) is 9.59 Å². The molecule has 0 heterocycles. The molecule has 2 aromatic carbocycles. The number of anilines is 1. The van der Waals surface area contributed by atoms with Gasteiger partial charge in [-0.25, -0.2) is 4.79 Å². The third kappa shape index (κ3) is 5.57. The van der Waals surface area contributed by atoms with E-state index in [1.54, 1.807) is 43.3 Å². The molecular formula is C21H24N2O5. The van der Waals surface area contributed by atoms with Crippen molar-refractivity contribution in [2.45, 2.75) is 20.8 Å². The summed E-state index contributed by atoms with van der Waals surface area (Å²) in [5.74, 6) is -1.58. The minimum Gasteiger partial charge on any atom is -0.507 e. The van der Waals surface area contributed by atoms with Gasteiger partial charge in [-0.1, -0.05) is 38.1 Å². The second-order valence-electron chi connectivity index (χ2n) is 6.74. The van der Waals surface area contributed by atoms with Crippen LogP contribution in [0, 0.1) is 12.8 Å². The van der Waals surface area contributed by atoms with Gasteiger partial charge in [0.2, 0.25) is 0 Å². The summed E-state index contributed by atoms with van der Waals surface area (Å²) in [7, 11) is 0. The van der Waals surface area contributed by atoms with Crippen molar-refractivity contribution in [3.63, 3.8) is 0 Å². The number of amides is 2. The summed E-state index contributed by atoms with van der Waals surface area (Å²) in [4.78, 5) is 36.5. The third-order valence-electron chi connectivity index (χ3n) is 3.91. The van der Waals surface area contributed by atoms with E-state index in [0.717, 1.165) is 0 Å². The molecular weight excluding hydrogens is 360 g/mol. The summed E-state index contributed by atoms with van der Waals surface area (Å²) in [5, 5.41) is 15.3. The highest BCUT2D eigenvalue weighted by Gasteiger charge is 2.17. The zero-order valence-corrected chi connectivity index (χ0v) is 16.1. The first-order valence-corrected chi connectivity index (χ1v) is 8.92. The fourth-order valence-corrected chi connectivity index (χ4v) is 2.40. The molecule has 0 radical (unpaired) electrons. The molecule has 2 amide bonds. The molecule has 148 valence electrons. The lowest BCUT2D eigenvalue weighted by Crippen LogP contribution is -2.29. The Bertz CT molecular complexity index is 877. The van der Waals surface area contributed by atoms with Crippen LogP contribution >= 0.6 is 0 Å². The van der Waals surface area contributed by atoms with E-state index in [1.165, 1.54) is 6.07 Å². The van der Waals surface area contributed by atoms with Gasteiger partial charge in [-0.05, 0) is 36.6 Å². The number of benzene rings is 2. The molecule has 0 saturated carbocycles. The minimum absolute atomic E-state index is 0.0127. The number of nitrogens with one attached hydrogen (secondary N) is 2. The highest BCUT2D eigenvalue weighted by atomic mass is 16.5. The molecule has 0 aliphatic heterocycles. The Morgan fingerprint density at radius 2 is 1.71 bits per heavy atom. The maximum Gasteiger partial charge on any atom is 0.342 e. The molecule has 2 rings (SSSR count). The summed E-state index contributed by atoms with van der Waals surface area (Å²) in [6, 6.07) is 11.2. The molecule has 0 aromatic heterocycles. The summed E-state index contributed by atoms with van der Waals surface area (Å²) in [6.45, 7) is 5.58. The largest absolute Gasteiger partial charge is 0.507 e. The topological polar surface area (TPSA) is 105 Å². The van der Waals surface area contributed by atoms with Crippen LogP contribution in [0.15, 0.2) is 42.5 Å². The Labute approximate surface area is 163 Å². The highest BCUT2D eigenvalue weighted by Crippen LogP contribution is 2.22. The van der Waals surface area contributed by atoms with E-state index in [0.29, 0.717) is 29.3 Å². The summed E-state index contributed by atoms with van der Waals surface area (Å²) in [5.41, 5.74) is 1.16. The Balaban J connectivity index is 1.99. The molecule has 0 spiro atoms. The van der Waals surface area contributed by atoms with Gasteiger partial charge in [-0.15, -0.1) is 0 Å². The SMILES string of the molecule is Cc1cccc(C(=O)OCC(=O)Nc2ccccc2C(=O)NCC(C)C)c1O. The quantitative estimate of drug-likeness (QED) is 0.637. The van der Waals surface area contributed by atoms with E-state index in [1.807, 2.05) is 13.8 Å². The van der Waals surface area contributed by atoms with Crippen molar-refractivity contribution < 1.29 is 24.2 Å². The monoisotopic (exact) mass is 384 g/mol. The molecule has 0 aliphatic rings. The zero-order chi connectivity index (χ0) is 20.7. The molecule has 0 saturated heterocycles. The molecule has 0 bridgehead atoms. The van der Waals surface area contributed by atoms with Crippen LogP contribution in [0.25, 0.3) is 0 Å². The summed E-state index contributed by atoms with van der Waals surface area (Å²) < 4.78 is 4.97. The Kier molecular flexibility index (Phi) is 7.14. The van der Waals surface area contributed by atoms with Gasteiger partial charge in [0.25, 0.3) is 11.8 Å². The molecule has 3 N–H and O–H groups in total. The van der Waals surface area contributed by atoms with Crippen LogP contribution in [0.1, 0.15) is 40.1 Å². The summed E-state index contributed by atoms with van der Waals surface area (Å²) in [6.07, 6.45) is 0. The maximum absolute atomic E-state index is 12.3. The van der Waals surface area contributed by atoms with Gasteiger partial charge in [-0.2, -0.15) is 0 Å². The first kappa shape index (κ1) is 21.0. The lowest BCUT2D eigenvalue weighted by atomic mass is 10.1. The highest BCUT2D eigenvalue weighted by molar-refractivity contribution is 6.04. The Morgan fingerprint density at radius 3 is 2.43 bits per heavy atom. The fraction of sp³-hybridized carbons (Fsp3) is 0.286. The lowest BCUT2D eigenvalue weighted by Gasteiger charge is -2.13. The van der Waals surface area contributed by atoms with E-state index in [9.17, 15) is 19.5 Å². The standard InChI is InChI=1S/C21H24N2O5/c1-13(2)11-22-20(26)15-8-4-5-10-17(15)23-18(24)12-28-21(27)16-9-6-7-14(3)19(16)25/h4-10,13,25H,11-12H2,1-3H3,(H,22,26)(H,23,24). The van der Waals surface area contributed by atoms with E-state index in [4.69, 9.17) is 4.74 Å². The molecule has 2 aromatic rings. The number of ether oxygens (including phenoxy) is 1. The van der Waals surface area contributed by atoms with Crippen LogP contribution in [0.5, 0.6) is 5.75 Å². The third-order valence-corrected chi connectivity index (χ3v) is 3.91. The summed E-state index contributed by atoms with van der Waals surface area (Å²) >= 11 is 0.